The van der Waals surface area contributed by atoms with E-state index in [2.05, 4.69) is 22.3 Å². The summed E-state index contributed by atoms with van der Waals surface area (Å²) in [5, 5.41) is 28.3. The Balaban J connectivity index is 1.20. The van der Waals surface area contributed by atoms with Crippen molar-refractivity contribution < 1.29 is 24.3 Å². The number of aliphatic hydroxyl groups is 1. The van der Waals surface area contributed by atoms with Gasteiger partial charge in [0.2, 0.25) is 0 Å². The van der Waals surface area contributed by atoms with E-state index in [1.54, 1.807) is 11.4 Å². The SMILES string of the molecule is O=C(O)Cc1csc(C2(O)[C@@H]3CC[C@H]2CC(OCc2c(-c4c(Cl)c#ccc4Cl)noc2C2CC2)C3)n1. The second-order valence-electron chi connectivity index (χ2n) is 10.0. The van der Waals surface area contributed by atoms with Crippen LogP contribution < -0.4 is 0 Å². The van der Waals surface area contributed by atoms with Crippen LogP contribution in [0.2, 0.25) is 10.0 Å². The lowest BCUT2D eigenvalue weighted by Crippen LogP contribution is -2.44. The molecule has 2 unspecified atom stereocenters. The van der Waals surface area contributed by atoms with Gasteiger partial charge in [-0.2, -0.15) is 0 Å². The predicted octanol–water partition coefficient (Wildman–Crippen LogP) is 5.80. The molecule has 2 aromatic heterocycles. The van der Waals surface area contributed by atoms with Crippen LogP contribution in [-0.2, 0) is 28.2 Å². The Morgan fingerprint density at radius 1 is 1.25 bits per heavy atom. The number of aliphatic carboxylic acids is 1. The topological polar surface area (TPSA) is 106 Å². The Bertz CT molecular complexity index is 1270. The molecular weight excluding hydrogens is 523 g/mol. The monoisotopic (exact) mass is 546 g/mol. The van der Waals surface area contributed by atoms with E-state index in [9.17, 15) is 9.90 Å². The first-order valence-corrected chi connectivity index (χ1v) is 13.7. The Morgan fingerprint density at radius 2 is 2.00 bits per heavy atom. The molecular formula is C26H24Cl2N2O5S. The van der Waals surface area contributed by atoms with Crippen molar-refractivity contribution in [3.05, 3.63) is 55.6 Å². The number of aromatic nitrogens is 2. The van der Waals surface area contributed by atoms with Gasteiger partial charge in [0.15, 0.2) is 0 Å². The lowest BCUT2D eigenvalue weighted by Gasteiger charge is -2.41. The Kier molecular flexibility index (Phi) is 6.25. The van der Waals surface area contributed by atoms with Crippen molar-refractivity contribution in [1.82, 2.24) is 10.1 Å². The van der Waals surface area contributed by atoms with Crippen molar-refractivity contribution in [2.45, 2.75) is 69.2 Å². The van der Waals surface area contributed by atoms with E-state index in [4.69, 9.17) is 37.6 Å². The van der Waals surface area contributed by atoms with Crippen molar-refractivity contribution in [2.75, 3.05) is 0 Å². The van der Waals surface area contributed by atoms with Crippen LogP contribution in [0.25, 0.3) is 11.3 Å². The molecule has 188 valence electrons. The summed E-state index contributed by atoms with van der Waals surface area (Å²) in [6.07, 6.45) is 5.13. The number of carbonyl (C=O) groups is 1. The quantitative estimate of drug-likeness (QED) is 0.367. The van der Waals surface area contributed by atoms with Crippen LogP contribution in [0.5, 0.6) is 0 Å². The van der Waals surface area contributed by atoms with Gasteiger partial charge in [-0.15, -0.1) is 11.3 Å². The third-order valence-electron chi connectivity index (χ3n) is 7.74. The highest BCUT2D eigenvalue weighted by Crippen LogP contribution is 2.56. The highest BCUT2D eigenvalue weighted by molar-refractivity contribution is 7.09. The Labute approximate surface area is 222 Å². The molecule has 3 saturated carbocycles. The zero-order valence-corrected chi connectivity index (χ0v) is 21.6. The number of hydrogen-bond acceptors (Lipinski definition) is 7. The van der Waals surface area contributed by atoms with Crippen LogP contribution >= 0.6 is 34.5 Å². The maximum Gasteiger partial charge on any atom is 0.309 e. The van der Waals surface area contributed by atoms with Gasteiger partial charge in [0, 0.05) is 22.9 Å². The van der Waals surface area contributed by atoms with E-state index in [1.807, 2.05) is 0 Å². The predicted molar refractivity (Wildman–Crippen MR) is 133 cm³/mol. The summed E-state index contributed by atoms with van der Waals surface area (Å²) in [5.41, 5.74) is 1.49. The first-order chi connectivity index (χ1) is 17.3. The summed E-state index contributed by atoms with van der Waals surface area (Å²) < 4.78 is 12.2. The lowest BCUT2D eigenvalue weighted by molar-refractivity contribution is -0.136. The van der Waals surface area contributed by atoms with Gasteiger partial charge >= 0.3 is 5.97 Å². The number of hydrogen-bond donors (Lipinski definition) is 2. The van der Waals surface area contributed by atoms with E-state index >= 15 is 0 Å². The summed E-state index contributed by atoms with van der Waals surface area (Å²) in [4.78, 5) is 15.6. The standard InChI is InChI=1S/C26H24Cl2N2O5S/c27-19-2-1-3-20(28)22(19)23-18(24(35-30-23)13-4-5-13)11-34-17-8-14-6-7-15(9-17)26(14,33)25-29-16(12-36-25)10-21(31)32/h2,12-15,17,33H,4-11H2,(H,31,32)/t14-,15+,17?,26?. The molecule has 6 rings (SSSR count). The van der Waals surface area contributed by atoms with Gasteiger partial charge in [-0.1, -0.05) is 34.4 Å². The molecule has 10 heteroatoms. The Hall–Kier alpha value is -2.15. The molecule has 2 heterocycles. The minimum absolute atomic E-state index is 0.0121. The van der Waals surface area contributed by atoms with Crippen molar-refractivity contribution in [1.29, 1.82) is 0 Å². The van der Waals surface area contributed by atoms with Crippen LogP contribution in [0.1, 0.15) is 66.5 Å². The number of carboxylic acid groups (broad SMARTS) is 1. The molecule has 0 aliphatic heterocycles. The van der Waals surface area contributed by atoms with Crippen LogP contribution in [-0.4, -0.2) is 32.4 Å². The average Bonchev–Trinajstić information content (AvgIpc) is 3.40. The Morgan fingerprint density at radius 3 is 2.67 bits per heavy atom. The maximum atomic E-state index is 11.7. The van der Waals surface area contributed by atoms with Gasteiger partial charge < -0.3 is 19.5 Å². The lowest BCUT2D eigenvalue weighted by atomic mass is 9.73. The third-order valence-corrected chi connectivity index (χ3v) is 9.35. The highest BCUT2D eigenvalue weighted by atomic mass is 35.5. The molecule has 3 fully saturated rings. The first kappa shape index (κ1) is 24.2. The van der Waals surface area contributed by atoms with Crippen LogP contribution in [0.4, 0.5) is 0 Å². The van der Waals surface area contributed by atoms with Gasteiger partial charge in [-0.25, -0.2) is 4.98 Å². The number of thiazole rings is 1. The summed E-state index contributed by atoms with van der Waals surface area (Å²) in [6.45, 7) is 0.318. The summed E-state index contributed by atoms with van der Waals surface area (Å²) >= 11 is 14.2. The van der Waals surface area contributed by atoms with Gasteiger partial charge in [-0.3, -0.25) is 4.79 Å². The van der Waals surface area contributed by atoms with E-state index in [0.29, 0.717) is 57.4 Å². The highest BCUT2D eigenvalue weighted by Gasteiger charge is 2.56. The average molecular weight is 547 g/mol. The van der Waals surface area contributed by atoms with Crippen LogP contribution in [0, 0.1) is 24.0 Å². The molecule has 0 saturated heterocycles. The van der Waals surface area contributed by atoms with Crippen LogP contribution in [0.15, 0.2) is 16.0 Å². The molecule has 2 N–H and O–H groups in total. The van der Waals surface area contributed by atoms with Crippen molar-refractivity contribution in [3.8, 4) is 11.3 Å². The number of ether oxygens (including phenoxy) is 1. The smallest absolute Gasteiger partial charge is 0.309 e. The minimum Gasteiger partial charge on any atom is -0.481 e. The molecule has 4 atom stereocenters. The molecule has 7 nitrogen and oxygen atoms in total. The molecule has 2 bridgehead atoms. The van der Waals surface area contributed by atoms with Crippen molar-refractivity contribution in [3.63, 3.8) is 0 Å². The summed E-state index contributed by atoms with van der Waals surface area (Å²) in [6, 6.07) is 7.26. The fourth-order valence-corrected chi connectivity index (χ4v) is 7.47. The number of fused-ring (bicyclic) bond motifs is 2. The minimum atomic E-state index is -1.03. The number of nitrogens with zero attached hydrogens (tertiary/aromatic N) is 2. The van der Waals surface area contributed by atoms with Crippen molar-refractivity contribution in [2.24, 2.45) is 11.8 Å². The second kappa shape index (κ2) is 9.30. The largest absolute Gasteiger partial charge is 0.481 e. The fraction of sp³-hybridized carbons (Fsp3) is 0.500. The molecule has 0 spiro atoms. The maximum absolute atomic E-state index is 11.7. The molecule has 0 amide bonds. The van der Waals surface area contributed by atoms with Gasteiger partial charge in [0.1, 0.15) is 27.1 Å². The van der Waals surface area contributed by atoms with E-state index < -0.39 is 11.6 Å². The van der Waals surface area contributed by atoms with Gasteiger partial charge in [-0.05, 0) is 56.4 Å². The van der Waals surface area contributed by atoms with Crippen LogP contribution in [0.3, 0.4) is 0 Å². The van der Waals surface area contributed by atoms with E-state index in [1.165, 1.54) is 11.3 Å². The number of carboxylic acids is 1. The zero-order chi connectivity index (χ0) is 25.0. The molecule has 36 heavy (non-hydrogen) atoms. The molecule has 0 radical (unpaired) electrons. The summed E-state index contributed by atoms with van der Waals surface area (Å²) in [7, 11) is 0. The first-order valence-electron chi connectivity index (χ1n) is 12.1. The van der Waals surface area contributed by atoms with E-state index in [0.717, 1.165) is 37.0 Å². The number of halogens is 2. The fourth-order valence-electron chi connectivity index (χ4n) is 5.86. The third kappa shape index (κ3) is 4.21. The van der Waals surface area contributed by atoms with Gasteiger partial charge in [0.25, 0.3) is 0 Å². The summed E-state index contributed by atoms with van der Waals surface area (Å²) in [5.74, 6) is 0.260. The van der Waals surface area contributed by atoms with E-state index in [-0.39, 0.29) is 24.4 Å². The molecule has 3 aliphatic rings. The van der Waals surface area contributed by atoms with Crippen molar-refractivity contribution >= 4 is 40.5 Å². The number of rotatable bonds is 8. The normalized spacial score (nSPS) is 27.2. The molecule has 1 aromatic carbocycles. The van der Waals surface area contributed by atoms with Gasteiger partial charge in [0.05, 0.1) is 35.4 Å². The second-order valence-corrected chi connectivity index (χ2v) is 11.7. The molecule has 3 aliphatic carbocycles. The zero-order valence-electron chi connectivity index (χ0n) is 19.3. The molecule has 3 aromatic rings.